The maximum Gasteiger partial charge on any atom is 0.213 e. The first-order valence-electron chi connectivity index (χ1n) is 5.94. The Morgan fingerprint density at radius 1 is 1.28 bits per heavy atom. The predicted octanol–water partition coefficient (Wildman–Crippen LogP) is 1.88. The first-order valence-corrected chi connectivity index (χ1v) is 5.94. The van der Waals surface area contributed by atoms with Crippen LogP contribution in [0.15, 0.2) is 41.4 Å². The number of fused-ring (bicyclic) bond motifs is 1. The van der Waals surface area contributed by atoms with Gasteiger partial charge in [-0.1, -0.05) is 23.4 Å². The van der Waals surface area contributed by atoms with Crippen molar-refractivity contribution in [1.29, 1.82) is 0 Å². The fraction of sp³-hybridized carbons (Fsp3) is 0.231. The zero-order chi connectivity index (χ0) is 12.2. The Labute approximate surface area is 104 Å². The molecule has 0 aliphatic carbocycles. The molecule has 3 rings (SSSR count). The quantitative estimate of drug-likeness (QED) is 0.670. The maximum atomic E-state index is 4.68. The van der Waals surface area contributed by atoms with E-state index >= 15 is 0 Å². The first kappa shape index (κ1) is 11.0. The minimum absolute atomic E-state index is 0.737. The maximum absolute atomic E-state index is 4.68. The normalized spacial score (nSPS) is 11.1. The lowest BCUT2D eigenvalue weighted by Crippen LogP contribution is -2.17. The van der Waals surface area contributed by atoms with Crippen LogP contribution in [0.5, 0.6) is 0 Å². The van der Waals surface area contributed by atoms with Crippen LogP contribution in [0.25, 0.3) is 10.9 Å². The van der Waals surface area contributed by atoms with Crippen LogP contribution in [0.3, 0.4) is 0 Å². The van der Waals surface area contributed by atoms with E-state index in [1.165, 1.54) is 22.9 Å². The van der Waals surface area contributed by atoms with E-state index in [9.17, 15) is 0 Å². The Bertz CT molecular complexity index is 615. The van der Waals surface area contributed by atoms with E-state index in [1.54, 1.807) is 0 Å². The highest BCUT2D eigenvalue weighted by Crippen LogP contribution is 2.16. The van der Waals surface area contributed by atoms with Gasteiger partial charge in [-0.3, -0.25) is 0 Å². The second-order valence-electron chi connectivity index (χ2n) is 4.13. The van der Waals surface area contributed by atoms with Gasteiger partial charge in [-0.25, -0.2) is 0 Å². The zero-order valence-corrected chi connectivity index (χ0v) is 9.89. The van der Waals surface area contributed by atoms with Gasteiger partial charge in [0.25, 0.3) is 0 Å². The molecule has 2 N–H and O–H groups in total. The standard InChI is InChI=1S/C13H14N4O/c1-2-10-4-7-15-13(10)11(3-1)8-14-6-5-12-16-9-18-17-12/h1-4,7,9,14-15H,5-6,8H2. The van der Waals surface area contributed by atoms with Crippen molar-refractivity contribution in [3.8, 4) is 0 Å². The minimum atomic E-state index is 0.737. The summed E-state index contributed by atoms with van der Waals surface area (Å²) in [4.78, 5) is 7.24. The van der Waals surface area contributed by atoms with Crippen molar-refractivity contribution in [2.24, 2.45) is 0 Å². The van der Waals surface area contributed by atoms with Gasteiger partial charge in [0.1, 0.15) is 0 Å². The summed E-state index contributed by atoms with van der Waals surface area (Å²) in [6.07, 6.45) is 4.10. The van der Waals surface area contributed by atoms with Crippen molar-refractivity contribution in [3.05, 3.63) is 48.2 Å². The van der Waals surface area contributed by atoms with Crippen LogP contribution in [-0.2, 0) is 13.0 Å². The van der Waals surface area contributed by atoms with Gasteiger partial charge in [0.15, 0.2) is 5.82 Å². The average Bonchev–Trinajstić information content (AvgIpc) is 3.05. The molecule has 5 nitrogen and oxygen atoms in total. The van der Waals surface area contributed by atoms with Crippen molar-refractivity contribution in [2.45, 2.75) is 13.0 Å². The van der Waals surface area contributed by atoms with E-state index in [1.807, 2.05) is 6.20 Å². The van der Waals surface area contributed by atoms with Gasteiger partial charge in [-0.15, -0.1) is 0 Å². The van der Waals surface area contributed by atoms with Gasteiger partial charge in [0, 0.05) is 31.2 Å². The van der Waals surface area contributed by atoms with E-state index in [2.05, 4.69) is 49.2 Å². The summed E-state index contributed by atoms with van der Waals surface area (Å²) in [5, 5.41) is 8.39. The van der Waals surface area contributed by atoms with Crippen molar-refractivity contribution in [2.75, 3.05) is 6.54 Å². The number of aromatic amines is 1. The predicted molar refractivity (Wildman–Crippen MR) is 68.0 cm³/mol. The van der Waals surface area contributed by atoms with Crippen molar-refractivity contribution in [3.63, 3.8) is 0 Å². The second kappa shape index (κ2) is 5.01. The lowest BCUT2D eigenvalue weighted by atomic mass is 10.1. The van der Waals surface area contributed by atoms with Crippen molar-refractivity contribution >= 4 is 10.9 Å². The Hall–Kier alpha value is -2.14. The highest BCUT2D eigenvalue weighted by Gasteiger charge is 2.02. The number of hydrogen-bond acceptors (Lipinski definition) is 4. The van der Waals surface area contributed by atoms with Crippen LogP contribution in [0.1, 0.15) is 11.4 Å². The van der Waals surface area contributed by atoms with Gasteiger partial charge < -0.3 is 14.8 Å². The SMILES string of the molecule is c1cc(CNCCc2ncon2)c2[nH]ccc2c1. The number of benzene rings is 1. The summed E-state index contributed by atoms with van der Waals surface area (Å²) >= 11 is 0. The molecule has 2 aromatic heterocycles. The van der Waals surface area contributed by atoms with Crippen LogP contribution in [0.4, 0.5) is 0 Å². The van der Waals surface area contributed by atoms with E-state index in [4.69, 9.17) is 0 Å². The molecule has 0 bridgehead atoms. The van der Waals surface area contributed by atoms with Crippen LogP contribution in [-0.4, -0.2) is 21.7 Å². The first-order chi connectivity index (χ1) is 8.93. The van der Waals surface area contributed by atoms with E-state index < -0.39 is 0 Å². The molecule has 0 amide bonds. The third-order valence-corrected chi connectivity index (χ3v) is 2.92. The molecule has 18 heavy (non-hydrogen) atoms. The number of aromatic nitrogens is 3. The Kier molecular flexibility index (Phi) is 3.06. The summed E-state index contributed by atoms with van der Waals surface area (Å²) in [6, 6.07) is 8.39. The molecule has 0 saturated heterocycles. The minimum Gasteiger partial charge on any atom is -0.361 e. The van der Waals surface area contributed by atoms with Crippen molar-refractivity contribution < 1.29 is 4.52 Å². The molecular formula is C13H14N4O. The van der Waals surface area contributed by atoms with Gasteiger partial charge in [0.2, 0.25) is 6.39 Å². The molecule has 0 atom stereocenters. The largest absolute Gasteiger partial charge is 0.361 e. The van der Waals surface area contributed by atoms with E-state index in [0.717, 1.165) is 25.3 Å². The number of hydrogen-bond donors (Lipinski definition) is 2. The molecule has 0 fully saturated rings. The second-order valence-corrected chi connectivity index (χ2v) is 4.13. The van der Waals surface area contributed by atoms with E-state index in [-0.39, 0.29) is 0 Å². The lowest BCUT2D eigenvalue weighted by molar-refractivity contribution is 0.409. The highest BCUT2D eigenvalue weighted by molar-refractivity contribution is 5.82. The monoisotopic (exact) mass is 242 g/mol. The smallest absolute Gasteiger partial charge is 0.213 e. The summed E-state index contributed by atoms with van der Waals surface area (Å²) in [5.41, 5.74) is 2.47. The third-order valence-electron chi connectivity index (χ3n) is 2.92. The molecule has 0 aliphatic rings. The van der Waals surface area contributed by atoms with Gasteiger partial charge in [-0.05, 0) is 17.0 Å². The number of nitrogens with one attached hydrogen (secondary N) is 2. The summed E-state index contributed by atoms with van der Waals surface area (Å²) in [5.74, 6) is 0.737. The molecule has 0 spiro atoms. The fourth-order valence-electron chi connectivity index (χ4n) is 2.02. The summed E-state index contributed by atoms with van der Waals surface area (Å²) in [7, 11) is 0. The van der Waals surface area contributed by atoms with E-state index in [0.29, 0.717) is 0 Å². The molecule has 0 saturated carbocycles. The zero-order valence-electron chi connectivity index (χ0n) is 9.89. The number of nitrogens with zero attached hydrogens (tertiary/aromatic N) is 2. The molecule has 0 unspecified atom stereocenters. The van der Waals surface area contributed by atoms with Crippen LogP contribution >= 0.6 is 0 Å². The lowest BCUT2D eigenvalue weighted by Gasteiger charge is -2.04. The average molecular weight is 242 g/mol. The number of H-pyrrole nitrogens is 1. The van der Waals surface area contributed by atoms with Gasteiger partial charge >= 0.3 is 0 Å². The number of rotatable bonds is 5. The van der Waals surface area contributed by atoms with Crippen LogP contribution in [0.2, 0.25) is 0 Å². The van der Waals surface area contributed by atoms with Crippen LogP contribution in [0, 0.1) is 0 Å². The Morgan fingerprint density at radius 3 is 3.17 bits per heavy atom. The molecule has 3 aromatic rings. The summed E-state index contributed by atoms with van der Waals surface area (Å²) < 4.78 is 4.68. The topological polar surface area (TPSA) is 66.7 Å². The van der Waals surface area contributed by atoms with Gasteiger partial charge in [0.05, 0.1) is 0 Å². The Balaban J connectivity index is 1.58. The molecular weight excluding hydrogens is 228 g/mol. The third kappa shape index (κ3) is 2.26. The Morgan fingerprint density at radius 2 is 2.28 bits per heavy atom. The fourth-order valence-corrected chi connectivity index (χ4v) is 2.02. The summed E-state index contributed by atoms with van der Waals surface area (Å²) in [6.45, 7) is 1.66. The highest BCUT2D eigenvalue weighted by atomic mass is 16.5. The molecule has 1 aromatic carbocycles. The van der Waals surface area contributed by atoms with Gasteiger partial charge in [-0.2, -0.15) is 4.98 Å². The number of para-hydroxylation sites is 1. The molecule has 5 heteroatoms. The van der Waals surface area contributed by atoms with Crippen LogP contribution < -0.4 is 5.32 Å². The van der Waals surface area contributed by atoms with Crippen molar-refractivity contribution in [1.82, 2.24) is 20.4 Å². The molecule has 0 radical (unpaired) electrons. The molecule has 2 heterocycles. The molecule has 92 valence electrons. The molecule has 0 aliphatic heterocycles.